The molecule has 3 aromatic carbocycles. The zero-order valence-corrected chi connectivity index (χ0v) is 18.9. The summed E-state index contributed by atoms with van der Waals surface area (Å²) in [5.41, 5.74) is 3.17. The van der Waals surface area contributed by atoms with Crippen molar-refractivity contribution in [2.75, 3.05) is 26.1 Å². The number of aliphatic imine (C=N–C) groups is 1. The number of guanidine groups is 1. The Morgan fingerprint density at radius 2 is 1.76 bits per heavy atom. The highest BCUT2D eigenvalue weighted by molar-refractivity contribution is 6.10. The molecule has 0 aliphatic heterocycles. The molecule has 4 rings (SSSR count). The number of aromatic amines is 1. The molecular weight excluding hydrogens is 435 g/mol. The maximum atomic E-state index is 13.3. The fourth-order valence-corrected chi connectivity index (χ4v) is 3.56. The number of methoxy groups -OCH3 is 2. The molecule has 0 atom stereocenters. The van der Waals surface area contributed by atoms with Crippen LogP contribution in [0.25, 0.3) is 10.9 Å². The molecular formula is C26H25FN4O3. The van der Waals surface area contributed by atoms with Crippen LogP contribution in [0, 0.1) is 5.82 Å². The van der Waals surface area contributed by atoms with Gasteiger partial charge in [-0.05, 0) is 60.5 Å². The zero-order chi connectivity index (χ0) is 23.9. The number of nitrogens with zero attached hydrogens (tertiary/aromatic N) is 1. The Labute approximate surface area is 196 Å². The number of amides is 1. The Bertz CT molecular complexity index is 1320. The van der Waals surface area contributed by atoms with Gasteiger partial charge in [-0.2, -0.15) is 0 Å². The van der Waals surface area contributed by atoms with E-state index in [1.165, 1.54) is 26.4 Å². The number of H-pyrrole nitrogens is 1. The van der Waals surface area contributed by atoms with Crippen LogP contribution in [0.2, 0.25) is 0 Å². The van der Waals surface area contributed by atoms with Gasteiger partial charge in [0, 0.05) is 34.9 Å². The van der Waals surface area contributed by atoms with Crippen LogP contribution in [-0.2, 0) is 6.42 Å². The van der Waals surface area contributed by atoms with E-state index >= 15 is 0 Å². The van der Waals surface area contributed by atoms with Gasteiger partial charge in [-0.3, -0.25) is 15.1 Å². The van der Waals surface area contributed by atoms with E-state index in [2.05, 4.69) is 26.7 Å². The van der Waals surface area contributed by atoms with Crippen LogP contribution in [-0.4, -0.2) is 37.6 Å². The molecule has 0 aliphatic rings. The van der Waals surface area contributed by atoms with Gasteiger partial charge < -0.3 is 19.8 Å². The van der Waals surface area contributed by atoms with E-state index in [0.717, 1.165) is 16.5 Å². The zero-order valence-electron chi connectivity index (χ0n) is 18.9. The summed E-state index contributed by atoms with van der Waals surface area (Å²) in [7, 11) is 3.04. The van der Waals surface area contributed by atoms with Crippen LogP contribution in [0.4, 0.5) is 10.1 Å². The number of para-hydroxylation sites is 1. The summed E-state index contributed by atoms with van der Waals surface area (Å²) < 4.78 is 23.8. The van der Waals surface area contributed by atoms with Crippen LogP contribution in [0.3, 0.4) is 0 Å². The van der Waals surface area contributed by atoms with Crippen LogP contribution >= 0.6 is 0 Å². The molecule has 0 saturated carbocycles. The highest BCUT2D eigenvalue weighted by Gasteiger charge is 2.13. The number of carbonyl (C=O) groups excluding carboxylic acids is 1. The van der Waals surface area contributed by atoms with E-state index in [9.17, 15) is 9.18 Å². The largest absolute Gasteiger partial charge is 0.493 e. The Hall–Kier alpha value is -4.33. The first-order chi connectivity index (χ1) is 16.6. The second kappa shape index (κ2) is 10.5. The number of nitrogens with one attached hydrogen (secondary N) is 3. The highest BCUT2D eigenvalue weighted by Crippen LogP contribution is 2.27. The fourth-order valence-electron chi connectivity index (χ4n) is 3.56. The molecule has 4 aromatic rings. The minimum atomic E-state index is -0.374. The first-order valence-corrected chi connectivity index (χ1v) is 10.7. The maximum absolute atomic E-state index is 13.3. The Balaban J connectivity index is 1.53. The van der Waals surface area contributed by atoms with Crippen molar-refractivity contribution in [2.45, 2.75) is 6.42 Å². The van der Waals surface area contributed by atoms with Gasteiger partial charge in [-0.15, -0.1) is 0 Å². The summed E-state index contributed by atoms with van der Waals surface area (Å²) in [6.45, 7) is 0.428. The molecule has 7 nitrogen and oxygen atoms in total. The highest BCUT2D eigenvalue weighted by atomic mass is 19.1. The first kappa shape index (κ1) is 22.8. The summed E-state index contributed by atoms with van der Waals surface area (Å²) >= 11 is 0. The summed E-state index contributed by atoms with van der Waals surface area (Å²) in [4.78, 5) is 20.8. The lowest BCUT2D eigenvalue weighted by Crippen LogP contribution is -2.36. The number of carbonyl (C=O) groups is 1. The number of benzene rings is 3. The summed E-state index contributed by atoms with van der Waals surface area (Å²) in [6.07, 6.45) is 2.64. The average molecular weight is 461 g/mol. The smallest absolute Gasteiger partial charge is 0.258 e. The summed E-state index contributed by atoms with van der Waals surface area (Å²) in [5.74, 6) is 0.501. The lowest BCUT2D eigenvalue weighted by Gasteiger charge is -2.13. The number of hydrogen-bond donors (Lipinski definition) is 3. The third kappa shape index (κ3) is 5.35. The molecule has 174 valence electrons. The van der Waals surface area contributed by atoms with E-state index in [0.29, 0.717) is 35.7 Å². The number of anilines is 1. The molecule has 1 aromatic heterocycles. The SMILES string of the molecule is COc1ccc(C(=O)NC(=NCCc2c[nH]c3ccccc23)Nc2ccc(F)cc2)cc1OC. The first-order valence-electron chi connectivity index (χ1n) is 10.7. The van der Waals surface area contributed by atoms with Gasteiger partial charge in [0.2, 0.25) is 5.96 Å². The van der Waals surface area contributed by atoms with E-state index in [-0.39, 0.29) is 17.7 Å². The molecule has 1 amide bonds. The summed E-state index contributed by atoms with van der Waals surface area (Å²) in [6, 6.07) is 18.8. The van der Waals surface area contributed by atoms with Crippen molar-refractivity contribution >= 4 is 28.5 Å². The molecule has 0 saturated heterocycles. The number of halogens is 1. The molecule has 34 heavy (non-hydrogen) atoms. The van der Waals surface area contributed by atoms with Gasteiger partial charge in [0.1, 0.15) is 5.82 Å². The number of aromatic nitrogens is 1. The number of rotatable bonds is 7. The van der Waals surface area contributed by atoms with E-state index in [1.54, 1.807) is 30.3 Å². The fraction of sp³-hybridized carbons (Fsp3) is 0.154. The van der Waals surface area contributed by atoms with E-state index < -0.39 is 0 Å². The standard InChI is InChI=1S/C26H25FN4O3/c1-33-23-12-7-17(15-24(23)34-2)25(32)31-26(30-20-10-8-19(27)9-11-20)28-14-13-18-16-29-22-6-4-3-5-21(18)22/h3-12,15-16,29H,13-14H2,1-2H3,(H2,28,30,31,32). The molecule has 0 radical (unpaired) electrons. The van der Waals surface area contributed by atoms with Crippen molar-refractivity contribution in [2.24, 2.45) is 4.99 Å². The van der Waals surface area contributed by atoms with Crippen molar-refractivity contribution < 1.29 is 18.7 Å². The van der Waals surface area contributed by atoms with Crippen LogP contribution in [0.5, 0.6) is 11.5 Å². The maximum Gasteiger partial charge on any atom is 0.258 e. The molecule has 1 heterocycles. The molecule has 0 fully saturated rings. The second-order valence-corrected chi connectivity index (χ2v) is 7.50. The molecule has 0 aliphatic carbocycles. The van der Waals surface area contributed by atoms with Gasteiger partial charge in [0.25, 0.3) is 5.91 Å². The summed E-state index contributed by atoms with van der Waals surface area (Å²) in [5, 5.41) is 7.01. The Morgan fingerprint density at radius 3 is 2.53 bits per heavy atom. The monoisotopic (exact) mass is 460 g/mol. The Morgan fingerprint density at radius 1 is 1.00 bits per heavy atom. The molecule has 0 bridgehead atoms. The van der Waals surface area contributed by atoms with Crippen molar-refractivity contribution in [3.8, 4) is 11.5 Å². The van der Waals surface area contributed by atoms with Gasteiger partial charge >= 0.3 is 0 Å². The Kier molecular flexibility index (Phi) is 7.07. The van der Waals surface area contributed by atoms with Crippen molar-refractivity contribution in [3.63, 3.8) is 0 Å². The molecule has 3 N–H and O–H groups in total. The van der Waals surface area contributed by atoms with Crippen LogP contribution in [0.15, 0.2) is 77.9 Å². The van der Waals surface area contributed by atoms with Gasteiger partial charge in [0.05, 0.1) is 14.2 Å². The topological polar surface area (TPSA) is 87.7 Å². The molecule has 0 spiro atoms. The lowest BCUT2D eigenvalue weighted by atomic mass is 10.1. The van der Waals surface area contributed by atoms with E-state index in [4.69, 9.17) is 9.47 Å². The predicted octanol–water partition coefficient (Wildman–Crippen LogP) is 4.76. The van der Waals surface area contributed by atoms with Crippen molar-refractivity contribution in [1.29, 1.82) is 0 Å². The van der Waals surface area contributed by atoms with Gasteiger partial charge in [-0.1, -0.05) is 18.2 Å². The number of ether oxygens (including phenoxy) is 2. The number of hydrogen-bond acceptors (Lipinski definition) is 4. The quantitative estimate of drug-likeness (QED) is 0.274. The third-order valence-corrected chi connectivity index (χ3v) is 5.31. The minimum absolute atomic E-state index is 0.256. The van der Waals surface area contributed by atoms with Gasteiger partial charge in [0.15, 0.2) is 11.5 Å². The predicted molar refractivity (Wildman–Crippen MR) is 131 cm³/mol. The normalized spacial score (nSPS) is 11.3. The van der Waals surface area contributed by atoms with E-state index in [1.807, 2.05) is 24.4 Å². The third-order valence-electron chi connectivity index (χ3n) is 5.31. The average Bonchev–Trinajstić information content (AvgIpc) is 3.28. The van der Waals surface area contributed by atoms with Crippen LogP contribution in [0.1, 0.15) is 15.9 Å². The number of fused-ring (bicyclic) bond motifs is 1. The second-order valence-electron chi connectivity index (χ2n) is 7.50. The van der Waals surface area contributed by atoms with Gasteiger partial charge in [-0.25, -0.2) is 4.39 Å². The van der Waals surface area contributed by atoms with Crippen molar-refractivity contribution in [1.82, 2.24) is 10.3 Å². The molecule has 0 unspecified atom stereocenters. The lowest BCUT2D eigenvalue weighted by molar-refractivity contribution is 0.0976. The van der Waals surface area contributed by atoms with Crippen LogP contribution < -0.4 is 20.1 Å². The van der Waals surface area contributed by atoms with Crippen molar-refractivity contribution in [3.05, 3.63) is 89.9 Å². The minimum Gasteiger partial charge on any atom is -0.493 e. The molecule has 8 heteroatoms.